The molecule has 2 unspecified atom stereocenters. The minimum atomic E-state index is 0. The minimum absolute atomic E-state index is 0. The number of hydrogen-bond acceptors (Lipinski definition) is 4. The van der Waals surface area contributed by atoms with Gasteiger partial charge >= 0.3 is 0 Å². The molecule has 2 atom stereocenters. The maximum Gasteiger partial charge on any atom is 0.138 e. The third-order valence-electron chi connectivity index (χ3n) is 3.75. The summed E-state index contributed by atoms with van der Waals surface area (Å²) in [5, 5.41) is 9.83. The third kappa shape index (κ3) is 4.34. The Morgan fingerprint density at radius 2 is 2.26 bits per heavy atom. The summed E-state index contributed by atoms with van der Waals surface area (Å²) < 4.78 is 0. The number of aromatic hydroxyl groups is 1. The summed E-state index contributed by atoms with van der Waals surface area (Å²) in [7, 11) is 0. The van der Waals surface area contributed by atoms with Crippen molar-refractivity contribution >= 4 is 12.4 Å². The first kappa shape index (κ1) is 16.2. The van der Waals surface area contributed by atoms with Crippen LogP contribution in [0.4, 0.5) is 0 Å². The molecule has 19 heavy (non-hydrogen) atoms. The lowest BCUT2D eigenvalue weighted by Gasteiger charge is -2.34. The van der Waals surface area contributed by atoms with Crippen LogP contribution in [-0.2, 0) is 6.54 Å². The highest BCUT2D eigenvalue weighted by Crippen LogP contribution is 2.23. The Balaban J connectivity index is 0.00000180. The molecule has 0 radical (unpaired) electrons. The fourth-order valence-electron chi connectivity index (χ4n) is 2.60. The highest BCUT2D eigenvalue weighted by Gasteiger charge is 2.23. The van der Waals surface area contributed by atoms with Gasteiger partial charge in [-0.1, -0.05) is 0 Å². The molecule has 5 heteroatoms. The second-order valence-corrected chi connectivity index (χ2v) is 5.41. The van der Waals surface area contributed by atoms with Crippen molar-refractivity contribution in [2.24, 2.45) is 11.7 Å². The van der Waals surface area contributed by atoms with Crippen molar-refractivity contribution < 1.29 is 5.11 Å². The summed E-state index contributed by atoms with van der Waals surface area (Å²) in [4.78, 5) is 6.76. The topological polar surface area (TPSA) is 62.4 Å². The molecule has 108 valence electrons. The summed E-state index contributed by atoms with van der Waals surface area (Å²) in [5.41, 5.74) is 7.71. The Morgan fingerprint density at radius 1 is 1.53 bits per heavy atom. The maximum absolute atomic E-state index is 9.83. The Bertz CT molecular complexity index is 412. The Hall–Kier alpha value is -0.840. The van der Waals surface area contributed by atoms with E-state index in [1.54, 1.807) is 6.07 Å². The SMILES string of the molecule is Cc1ccc(O)c(CN2CCCC(C(C)N)C2)n1.Cl. The van der Waals surface area contributed by atoms with Crippen molar-refractivity contribution in [3.8, 4) is 5.75 Å². The molecule has 2 heterocycles. The molecule has 2 rings (SSSR count). The van der Waals surface area contributed by atoms with Crippen molar-refractivity contribution in [1.82, 2.24) is 9.88 Å². The number of aryl methyl sites for hydroxylation is 1. The summed E-state index contributed by atoms with van der Waals surface area (Å²) in [6, 6.07) is 3.80. The second-order valence-electron chi connectivity index (χ2n) is 5.41. The number of hydrogen-bond donors (Lipinski definition) is 2. The molecule has 4 nitrogen and oxygen atoms in total. The lowest BCUT2D eigenvalue weighted by molar-refractivity contribution is 0.151. The van der Waals surface area contributed by atoms with Crippen LogP contribution < -0.4 is 5.73 Å². The van der Waals surface area contributed by atoms with Crippen molar-refractivity contribution in [3.05, 3.63) is 23.5 Å². The van der Waals surface area contributed by atoms with Gasteiger partial charge in [-0.05, 0) is 51.3 Å². The van der Waals surface area contributed by atoms with Crippen molar-refractivity contribution in [2.45, 2.75) is 39.3 Å². The normalized spacial score (nSPS) is 21.7. The van der Waals surface area contributed by atoms with E-state index < -0.39 is 0 Å². The molecule has 1 aliphatic rings. The van der Waals surface area contributed by atoms with Gasteiger partial charge in [-0.15, -0.1) is 12.4 Å². The number of nitrogens with two attached hydrogens (primary N) is 1. The smallest absolute Gasteiger partial charge is 0.138 e. The Kier molecular flexibility index (Phi) is 6.04. The van der Waals surface area contributed by atoms with Gasteiger partial charge < -0.3 is 10.8 Å². The summed E-state index contributed by atoms with van der Waals surface area (Å²) in [5.74, 6) is 0.856. The molecule has 1 aromatic heterocycles. The largest absolute Gasteiger partial charge is 0.506 e. The second kappa shape index (κ2) is 7.08. The molecule has 1 fully saturated rings. The number of halogens is 1. The molecular weight excluding hydrogens is 262 g/mol. The summed E-state index contributed by atoms with van der Waals surface area (Å²) in [6.07, 6.45) is 2.39. The minimum Gasteiger partial charge on any atom is -0.506 e. The molecule has 1 aromatic rings. The third-order valence-corrected chi connectivity index (χ3v) is 3.75. The molecule has 0 amide bonds. The molecule has 1 aliphatic heterocycles. The zero-order valence-electron chi connectivity index (χ0n) is 11.7. The van der Waals surface area contributed by atoms with Gasteiger partial charge in [0.15, 0.2) is 0 Å². The number of rotatable bonds is 3. The Labute approximate surface area is 121 Å². The van der Waals surface area contributed by atoms with Gasteiger partial charge in [-0.2, -0.15) is 0 Å². The van der Waals surface area contributed by atoms with E-state index in [0.717, 1.165) is 31.0 Å². The molecule has 3 N–H and O–H groups in total. The maximum atomic E-state index is 9.83. The highest BCUT2D eigenvalue weighted by atomic mass is 35.5. The first-order chi connectivity index (χ1) is 8.56. The predicted octanol–water partition coefficient (Wildman–Crippen LogP) is 2.08. The fourth-order valence-corrected chi connectivity index (χ4v) is 2.60. The van der Waals surface area contributed by atoms with Crippen LogP contribution in [0.25, 0.3) is 0 Å². The van der Waals surface area contributed by atoms with Crippen LogP contribution in [0.3, 0.4) is 0 Å². The van der Waals surface area contributed by atoms with E-state index >= 15 is 0 Å². The van der Waals surface area contributed by atoms with Gasteiger partial charge in [-0.25, -0.2) is 0 Å². The van der Waals surface area contributed by atoms with Crippen LogP contribution >= 0.6 is 12.4 Å². The average molecular weight is 286 g/mol. The summed E-state index contributed by atoms with van der Waals surface area (Å²) in [6.45, 7) is 6.82. The van der Waals surface area contributed by atoms with Gasteiger partial charge in [0.05, 0.1) is 5.69 Å². The molecule has 0 aliphatic carbocycles. The van der Waals surface area contributed by atoms with Crippen LogP contribution in [0.5, 0.6) is 5.75 Å². The molecular formula is C14H24ClN3O. The monoisotopic (exact) mass is 285 g/mol. The van der Waals surface area contributed by atoms with Crippen molar-refractivity contribution in [2.75, 3.05) is 13.1 Å². The van der Waals surface area contributed by atoms with Gasteiger partial charge in [0, 0.05) is 24.8 Å². The zero-order valence-corrected chi connectivity index (χ0v) is 12.5. The first-order valence-electron chi connectivity index (χ1n) is 6.69. The van der Waals surface area contributed by atoms with Crippen LogP contribution in [-0.4, -0.2) is 34.1 Å². The first-order valence-corrected chi connectivity index (χ1v) is 6.69. The van der Waals surface area contributed by atoms with Gasteiger partial charge in [-0.3, -0.25) is 9.88 Å². The predicted molar refractivity (Wildman–Crippen MR) is 79.5 cm³/mol. The number of nitrogens with zero attached hydrogens (tertiary/aromatic N) is 2. The van der Waals surface area contributed by atoms with E-state index in [1.165, 1.54) is 12.8 Å². The van der Waals surface area contributed by atoms with Crippen LogP contribution in [0.15, 0.2) is 12.1 Å². The van der Waals surface area contributed by atoms with Gasteiger partial charge in [0.1, 0.15) is 5.75 Å². The van der Waals surface area contributed by atoms with Gasteiger partial charge in [0.25, 0.3) is 0 Å². The number of piperidine rings is 1. The van der Waals surface area contributed by atoms with Crippen molar-refractivity contribution in [3.63, 3.8) is 0 Å². The highest BCUT2D eigenvalue weighted by molar-refractivity contribution is 5.85. The van der Waals surface area contributed by atoms with E-state index in [4.69, 9.17) is 5.73 Å². The number of pyridine rings is 1. The quantitative estimate of drug-likeness (QED) is 0.892. The van der Waals surface area contributed by atoms with E-state index in [-0.39, 0.29) is 18.4 Å². The molecule has 0 saturated carbocycles. The molecule has 0 spiro atoms. The lowest BCUT2D eigenvalue weighted by Crippen LogP contribution is -2.42. The van der Waals surface area contributed by atoms with Crippen LogP contribution in [0, 0.1) is 12.8 Å². The van der Waals surface area contributed by atoms with E-state index in [0.29, 0.717) is 11.7 Å². The fraction of sp³-hybridized carbons (Fsp3) is 0.643. The molecule has 0 aromatic carbocycles. The lowest BCUT2D eigenvalue weighted by atomic mass is 9.92. The van der Waals surface area contributed by atoms with Gasteiger partial charge in [0.2, 0.25) is 0 Å². The van der Waals surface area contributed by atoms with Crippen LogP contribution in [0.2, 0.25) is 0 Å². The molecule has 0 bridgehead atoms. The Morgan fingerprint density at radius 3 is 2.95 bits per heavy atom. The molecule has 1 saturated heterocycles. The van der Waals surface area contributed by atoms with E-state index in [1.807, 2.05) is 13.0 Å². The zero-order chi connectivity index (χ0) is 13.1. The number of aromatic nitrogens is 1. The number of likely N-dealkylation sites (tertiary alicyclic amines) is 1. The van der Waals surface area contributed by atoms with Crippen molar-refractivity contribution in [1.29, 1.82) is 0 Å². The van der Waals surface area contributed by atoms with Crippen LogP contribution in [0.1, 0.15) is 31.2 Å². The van der Waals surface area contributed by atoms with E-state index in [9.17, 15) is 5.11 Å². The standard InChI is InChI=1S/C14H23N3O.ClH/c1-10-5-6-14(18)13(16-10)9-17-7-3-4-12(8-17)11(2)15;/h5-6,11-12,18H,3-4,7-9,15H2,1-2H3;1H. The average Bonchev–Trinajstić information content (AvgIpc) is 2.34. The van der Waals surface area contributed by atoms with E-state index in [2.05, 4.69) is 16.8 Å². The summed E-state index contributed by atoms with van der Waals surface area (Å²) >= 11 is 0.